The Morgan fingerprint density at radius 1 is 1.53 bits per heavy atom. The highest BCUT2D eigenvalue weighted by molar-refractivity contribution is 6.31. The van der Waals surface area contributed by atoms with Crippen molar-refractivity contribution >= 4 is 11.6 Å². The van der Waals surface area contributed by atoms with Gasteiger partial charge in [0.15, 0.2) is 0 Å². The summed E-state index contributed by atoms with van der Waals surface area (Å²) in [5, 5.41) is 9.39. The van der Waals surface area contributed by atoms with Gasteiger partial charge in [-0.05, 0) is 24.1 Å². The van der Waals surface area contributed by atoms with Gasteiger partial charge in [-0.1, -0.05) is 17.7 Å². The summed E-state index contributed by atoms with van der Waals surface area (Å²) < 4.78 is 10.4. The largest absolute Gasteiger partial charge is 0.497 e. The molecule has 0 spiro atoms. The predicted molar refractivity (Wildman–Crippen MR) is 65.3 cm³/mol. The Morgan fingerprint density at radius 2 is 2.29 bits per heavy atom. The molecule has 1 heterocycles. The highest BCUT2D eigenvalue weighted by Crippen LogP contribution is 2.41. The van der Waals surface area contributed by atoms with Gasteiger partial charge in [-0.25, -0.2) is 0 Å². The zero-order valence-electron chi connectivity index (χ0n) is 9.70. The standard InChI is InChI=1S/C13H14ClNO2/c1-16-10-3-4-11(12(14)7-10)13(5-2-6-15)8-17-9-13/h3-4,7H,2,5,8-9H2,1H3. The molecule has 0 N–H and O–H groups in total. The number of rotatable bonds is 4. The number of nitriles is 1. The molecule has 1 aromatic rings. The molecule has 0 aromatic heterocycles. The molecule has 0 aliphatic carbocycles. The molecule has 1 aromatic carbocycles. The molecule has 3 nitrogen and oxygen atoms in total. The van der Waals surface area contributed by atoms with Gasteiger partial charge in [0.1, 0.15) is 5.75 Å². The van der Waals surface area contributed by atoms with Gasteiger partial charge in [0.25, 0.3) is 0 Å². The maximum absolute atomic E-state index is 8.70. The summed E-state index contributed by atoms with van der Waals surface area (Å²) >= 11 is 6.27. The van der Waals surface area contributed by atoms with Crippen LogP contribution in [0.25, 0.3) is 0 Å². The minimum Gasteiger partial charge on any atom is -0.497 e. The number of methoxy groups -OCH3 is 1. The van der Waals surface area contributed by atoms with Crippen molar-refractivity contribution in [2.45, 2.75) is 18.3 Å². The van der Waals surface area contributed by atoms with Crippen LogP contribution in [0, 0.1) is 11.3 Å². The zero-order valence-corrected chi connectivity index (χ0v) is 10.5. The molecular weight excluding hydrogens is 238 g/mol. The van der Waals surface area contributed by atoms with E-state index in [2.05, 4.69) is 6.07 Å². The molecule has 0 saturated carbocycles. The van der Waals surface area contributed by atoms with Crippen molar-refractivity contribution in [3.63, 3.8) is 0 Å². The topological polar surface area (TPSA) is 42.2 Å². The second-order valence-corrected chi connectivity index (χ2v) is 4.68. The van der Waals surface area contributed by atoms with E-state index in [0.29, 0.717) is 24.7 Å². The third-order valence-electron chi connectivity index (χ3n) is 3.22. The van der Waals surface area contributed by atoms with E-state index in [1.165, 1.54) is 0 Å². The lowest BCUT2D eigenvalue weighted by Gasteiger charge is -2.42. The third kappa shape index (κ3) is 2.24. The van der Waals surface area contributed by atoms with E-state index in [1.807, 2.05) is 18.2 Å². The highest BCUT2D eigenvalue weighted by atomic mass is 35.5. The quantitative estimate of drug-likeness (QED) is 0.826. The van der Waals surface area contributed by atoms with Crippen molar-refractivity contribution in [3.8, 4) is 11.8 Å². The summed E-state index contributed by atoms with van der Waals surface area (Å²) in [4.78, 5) is 0. The van der Waals surface area contributed by atoms with Gasteiger partial charge in [-0.2, -0.15) is 5.26 Å². The maximum atomic E-state index is 8.70. The Balaban J connectivity index is 2.28. The second kappa shape index (κ2) is 4.95. The minimum atomic E-state index is -0.0842. The fourth-order valence-electron chi connectivity index (χ4n) is 2.13. The summed E-state index contributed by atoms with van der Waals surface area (Å²) in [7, 11) is 1.61. The van der Waals surface area contributed by atoms with Crippen LogP contribution >= 0.6 is 11.6 Å². The monoisotopic (exact) mass is 251 g/mol. The molecule has 0 bridgehead atoms. The van der Waals surface area contributed by atoms with Crippen molar-refractivity contribution in [2.24, 2.45) is 0 Å². The van der Waals surface area contributed by atoms with Crippen molar-refractivity contribution in [1.29, 1.82) is 5.26 Å². The van der Waals surface area contributed by atoms with Gasteiger partial charge in [-0.15, -0.1) is 0 Å². The normalized spacial score (nSPS) is 17.0. The fourth-order valence-corrected chi connectivity index (χ4v) is 2.50. The highest BCUT2D eigenvalue weighted by Gasteiger charge is 2.41. The lowest BCUT2D eigenvalue weighted by atomic mass is 9.75. The number of benzene rings is 1. The number of hydrogen-bond donors (Lipinski definition) is 0. The van der Waals surface area contributed by atoms with E-state index >= 15 is 0 Å². The van der Waals surface area contributed by atoms with E-state index in [4.69, 9.17) is 26.3 Å². The molecule has 17 heavy (non-hydrogen) atoms. The molecule has 0 amide bonds. The summed E-state index contributed by atoms with van der Waals surface area (Å²) in [6, 6.07) is 7.86. The van der Waals surface area contributed by atoms with Crippen LogP contribution < -0.4 is 4.74 Å². The van der Waals surface area contributed by atoms with Gasteiger partial charge < -0.3 is 9.47 Å². The molecular formula is C13H14ClNO2. The van der Waals surface area contributed by atoms with Crippen LogP contribution in [-0.4, -0.2) is 20.3 Å². The SMILES string of the molecule is COc1ccc(C2(CCC#N)COC2)c(Cl)c1. The molecule has 0 radical (unpaired) electrons. The summed E-state index contributed by atoms with van der Waals surface area (Å²) in [5.41, 5.74) is 0.973. The molecule has 4 heteroatoms. The molecule has 0 atom stereocenters. The van der Waals surface area contributed by atoms with Gasteiger partial charge >= 0.3 is 0 Å². The zero-order chi connectivity index (χ0) is 12.3. The van der Waals surface area contributed by atoms with E-state index in [1.54, 1.807) is 7.11 Å². The molecule has 1 fully saturated rings. The first-order valence-electron chi connectivity index (χ1n) is 5.50. The van der Waals surface area contributed by atoms with Crippen LogP contribution in [0.3, 0.4) is 0 Å². The van der Waals surface area contributed by atoms with E-state index in [0.717, 1.165) is 17.7 Å². The smallest absolute Gasteiger partial charge is 0.120 e. The molecule has 0 unspecified atom stereocenters. The number of ether oxygens (including phenoxy) is 2. The number of hydrogen-bond acceptors (Lipinski definition) is 3. The Bertz CT molecular complexity index is 449. The molecule has 1 saturated heterocycles. The molecule has 1 aliphatic heterocycles. The summed E-state index contributed by atoms with van der Waals surface area (Å²) in [6.07, 6.45) is 1.31. The minimum absolute atomic E-state index is 0.0842. The van der Waals surface area contributed by atoms with Gasteiger partial charge in [0, 0.05) is 16.9 Å². The van der Waals surface area contributed by atoms with Crippen LogP contribution in [0.5, 0.6) is 5.75 Å². The van der Waals surface area contributed by atoms with Crippen LogP contribution in [0.4, 0.5) is 0 Å². The van der Waals surface area contributed by atoms with Crippen LogP contribution in [-0.2, 0) is 10.2 Å². The van der Waals surface area contributed by atoms with Crippen LogP contribution in [0.15, 0.2) is 18.2 Å². The Kier molecular flexibility index (Phi) is 3.56. The van der Waals surface area contributed by atoms with Crippen LogP contribution in [0.1, 0.15) is 18.4 Å². The summed E-state index contributed by atoms with van der Waals surface area (Å²) in [5.74, 6) is 0.745. The lowest BCUT2D eigenvalue weighted by molar-refractivity contribution is -0.0636. The maximum Gasteiger partial charge on any atom is 0.120 e. The first-order valence-corrected chi connectivity index (χ1v) is 5.88. The van der Waals surface area contributed by atoms with E-state index < -0.39 is 0 Å². The van der Waals surface area contributed by atoms with Gasteiger partial charge in [0.2, 0.25) is 0 Å². The second-order valence-electron chi connectivity index (χ2n) is 4.28. The van der Waals surface area contributed by atoms with E-state index in [9.17, 15) is 0 Å². The Labute approximate surface area is 106 Å². The van der Waals surface area contributed by atoms with E-state index in [-0.39, 0.29) is 5.41 Å². The third-order valence-corrected chi connectivity index (χ3v) is 3.53. The number of nitrogens with zero attached hydrogens (tertiary/aromatic N) is 1. The first kappa shape index (κ1) is 12.2. The number of halogens is 1. The van der Waals surface area contributed by atoms with Gasteiger partial charge in [-0.3, -0.25) is 0 Å². The Hall–Kier alpha value is -1.24. The van der Waals surface area contributed by atoms with Crippen molar-refractivity contribution < 1.29 is 9.47 Å². The fraction of sp³-hybridized carbons (Fsp3) is 0.462. The average Bonchev–Trinajstić information content (AvgIpc) is 2.29. The molecule has 1 aliphatic rings. The van der Waals surface area contributed by atoms with Crippen molar-refractivity contribution in [1.82, 2.24) is 0 Å². The lowest BCUT2D eigenvalue weighted by Crippen LogP contribution is -2.46. The molecule has 90 valence electrons. The van der Waals surface area contributed by atoms with Gasteiger partial charge in [0.05, 0.1) is 26.4 Å². The Morgan fingerprint density at radius 3 is 2.76 bits per heavy atom. The van der Waals surface area contributed by atoms with Crippen molar-refractivity contribution in [2.75, 3.05) is 20.3 Å². The van der Waals surface area contributed by atoms with Crippen LogP contribution in [0.2, 0.25) is 5.02 Å². The molecule has 2 rings (SSSR count). The van der Waals surface area contributed by atoms with Crippen molar-refractivity contribution in [3.05, 3.63) is 28.8 Å². The summed E-state index contributed by atoms with van der Waals surface area (Å²) in [6.45, 7) is 1.28. The first-order chi connectivity index (χ1) is 8.22. The average molecular weight is 252 g/mol. The predicted octanol–water partition coefficient (Wildman–Crippen LogP) is 2.92.